The van der Waals surface area contributed by atoms with Gasteiger partial charge in [-0.15, -0.1) is 0 Å². The van der Waals surface area contributed by atoms with Crippen molar-refractivity contribution in [3.63, 3.8) is 0 Å². The summed E-state index contributed by atoms with van der Waals surface area (Å²) in [6.07, 6.45) is 0. The molecule has 5 nitrogen and oxygen atoms in total. The summed E-state index contributed by atoms with van der Waals surface area (Å²) in [6.45, 7) is 4.16. The molecule has 1 heterocycles. The van der Waals surface area contributed by atoms with E-state index in [1.807, 2.05) is 38.1 Å². The van der Waals surface area contributed by atoms with Gasteiger partial charge >= 0.3 is 0 Å². The van der Waals surface area contributed by atoms with Crippen LogP contribution in [0.2, 0.25) is 0 Å². The number of hydrogen-bond donors (Lipinski definition) is 1. The van der Waals surface area contributed by atoms with Crippen LogP contribution >= 0.6 is 0 Å². The molecule has 1 aliphatic rings. The van der Waals surface area contributed by atoms with E-state index in [-0.39, 0.29) is 12.1 Å². The molecule has 0 radical (unpaired) electrons. The van der Waals surface area contributed by atoms with Crippen molar-refractivity contribution < 1.29 is 13.2 Å². The first kappa shape index (κ1) is 13.3. The molecule has 6 heteroatoms. The zero-order chi connectivity index (χ0) is 13.3. The highest BCUT2D eigenvalue weighted by atomic mass is 32.2. The number of nitrogens with one attached hydrogen (secondary N) is 1. The third-order valence-electron chi connectivity index (χ3n) is 3.32. The second-order valence-electron chi connectivity index (χ2n) is 4.55. The maximum atomic E-state index is 11.9. The van der Waals surface area contributed by atoms with Crippen LogP contribution < -0.4 is 9.46 Å². The van der Waals surface area contributed by atoms with Gasteiger partial charge in [-0.2, -0.15) is 17.4 Å². The van der Waals surface area contributed by atoms with E-state index in [1.54, 1.807) is 7.11 Å². The Morgan fingerprint density at radius 1 is 1.28 bits per heavy atom. The fourth-order valence-electron chi connectivity index (χ4n) is 2.01. The number of rotatable bonds is 3. The highest BCUT2D eigenvalue weighted by Crippen LogP contribution is 2.22. The molecule has 0 saturated carbocycles. The summed E-state index contributed by atoms with van der Waals surface area (Å²) in [5.41, 5.74) is 0.946. The predicted octanol–water partition coefficient (Wildman–Crippen LogP) is 1.12. The monoisotopic (exact) mass is 270 g/mol. The van der Waals surface area contributed by atoms with E-state index >= 15 is 0 Å². The molecule has 0 aliphatic carbocycles. The predicted molar refractivity (Wildman–Crippen MR) is 69.5 cm³/mol. The number of ether oxygens (including phenoxy) is 1. The minimum atomic E-state index is -3.35. The van der Waals surface area contributed by atoms with E-state index < -0.39 is 10.2 Å². The summed E-state index contributed by atoms with van der Waals surface area (Å²) in [5, 5.41) is 0. The Labute approximate surface area is 108 Å². The lowest BCUT2D eigenvalue weighted by molar-refractivity contribution is 0.337. The van der Waals surface area contributed by atoms with E-state index in [2.05, 4.69) is 4.72 Å². The fourth-order valence-corrected chi connectivity index (χ4v) is 3.75. The molecular weight excluding hydrogens is 252 g/mol. The van der Waals surface area contributed by atoms with E-state index in [0.29, 0.717) is 6.54 Å². The first-order valence-electron chi connectivity index (χ1n) is 5.86. The molecule has 1 unspecified atom stereocenters. The topological polar surface area (TPSA) is 58.6 Å². The highest BCUT2D eigenvalue weighted by molar-refractivity contribution is 7.87. The lowest BCUT2D eigenvalue weighted by Crippen LogP contribution is -2.33. The fraction of sp³-hybridized carbons (Fsp3) is 0.500. The molecule has 1 fully saturated rings. The zero-order valence-electron chi connectivity index (χ0n) is 10.8. The summed E-state index contributed by atoms with van der Waals surface area (Å²) in [5.74, 6) is 0.766. The first-order chi connectivity index (χ1) is 8.44. The smallest absolute Gasteiger partial charge is 0.280 e. The van der Waals surface area contributed by atoms with Gasteiger partial charge in [0, 0.05) is 18.6 Å². The van der Waals surface area contributed by atoms with Gasteiger partial charge in [-0.3, -0.25) is 0 Å². The van der Waals surface area contributed by atoms with Crippen LogP contribution in [0.5, 0.6) is 5.75 Å². The largest absolute Gasteiger partial charge is 0.497 e. The third-order valence-corrected chi connectivity index (χ3v) is 5.07. The normalized spacial score (nSPS) is 27.3. The van der Waals surface area contributed by atoms with Gasteiger partial charge in [0.1, 0.15) is 5.75 Å². The first-order valence-corrected chi connectivity index (χ1v) is 7.30. The number of methoxy groups -OCH3 is 1. The van der Waals surface area contributed by atoms with Crippen LogP contribution in [0.3, 0.4) is 0 Å². The third kappa shape index (κ3) is 2.50. The van der Waals surface area contributed by atoms with Gasteiger partial charge in [0.15, 0.2) is 0 Å². The lowest BCUT2D eigenvalue weighted by Gasteiger charge is -2.19. The molecule has 0 amide bonds. The maximum absolute atomic E-state index is 11.9. The SMILES string of the molecule is COc1ccc(CN2C(C)[C@H](C)NS2(=O)=O)cc1. The van der Waals surface area contributed by atoms with E-state index in [1.165, 1.54) is 4.31 Å². The van der Waals surface area contributed by atoms with E-state index in [4.69, 9.17) is 4.74 Å². The van der Waals surface area contributed by atoms with Crippen molar-refractivity contribution in [1.29, 1.82) is 0 Å². The summed E-state index contributed by atoms with van der Waals surface area (Å²) < 4.78 is 33.0. The molecule has 1 aromatic rings. The van der Waals surface area contributed by atoms with Crippen LogP contribution in [0.4, 0.5) is 0 Å². The van der Waals surface area contributed by atoms with Crippen LogP contribution in [0, 0.1) is 0 Å². The van der Waals surface area contributed by atoms with E-state index in [9.17, 15) is 8.42 Å². The Balaban J connectivity index is 2.17. The van der Waals surface area contributed by atoms with Gasteiger partial charge in [-0.25, -0.2) is 0 Å². The molecule has 0 bridgehead atoms. The van der Waals surface area contributed by atoms with E-state index in [0.717, 1.165) is 11.3 Å². The van der Waals surface area contributed by atoms with Crippen molar-refractivity contribution in [3.8, 4) is 5.75 Å². The summed E-state index contributed by atoms with van der Waals surface area (Å²) in [4.78, 5) is 0. The minimum absolute atomic E-state index is 0.0444. The molecular formula is C12H18N2O3S. The molecule has 2 atom stereocenters. The van der Waals surface area contributed by atoms with Gasteiger partial charge in [0.2, 0.25) is 0 Å². The van der Waals surface area contributed by atoms with Gasteiger partial charge in [-0.05, 0) is 31.5 Å². The summed E-state index contributed by atoms with van der Waals surface area (Å²) in [6, 6.07) is 7.32. The molecule has 18 heavy (non-hydrogen) atoms. The number of benzene rings is 1. The van der Waals surface area contributed by atoms with Crippen LogP contribution in [-0.4, -0.2) is 31.9 Å². The van der Waals surface area contributed by atoms with Crippen molar-refractivity contribution in [2.45, 2.75) is 32.5 Å². The average Bonchev–Trinajstić information content (AvgIpc) is 2.52. The van der Waals surface area contributed by atoms with Gasteiger partial charge in [0.25, 0.3) is 10.2 Å². The van der Waals surface area contributed by atoms with Crippen LogP contribution in [-0.2, 0) is 16.8 Å². The van der Waals surface area contributed by atoms with Crippen molar-refractivity contribution in [2.75, 3.05) is 7.11 Å². The Kier molecular flexibility index (Phi) is 3.61. The van der Waals surface area contributed by atoms with Gasteiger partial charge in [0.05, 0.1) is 7.11 Å². The molecule has 1 aromatic carbocycles. The van der Waals surface area contributed by atoms with Crippen LogP contribution in [0.25, 0.3) is 0 Å². The van der Waals surface area contributed by atoms with Crippen molar-refractivity contribution >= 4 is 10.2 Å². The van der Waals surface area contributed by atoms with Crippen molar-refractivity contribution in [1.82, 2.24) is 9.03 Å². The standard InChI is InChI=1S/C12H18N2O3S/c1-9-10(2)14(18(15,16)13-9)8-11-4-6-12(17-3)7-5-11/h4-7,9-10,13H,8H2,1-3H3/t9-,10?/m0/s1. The van der Waals surface area contributed by atoms with Crippen molar-refractivity contribution in [3.05, 3.63) is 29.8 Å². The Bertz CT molecular complexity index is 513. The second kappa shape index (κ2) is 4.87. The Morgan fingerprint density at radius 3 is 2.33 bits per heavy atom. The van der Waals surface area contributed by atoms with Gasteiger partial charge in [-0.1, -0.05) is 12.1 Å². The minimum Gasteiger partial charge on any atom is -0.497 e. The average molecular weight is 270 g/mol. The molecule has 2 rings (SSSR count). The Morgan fingerprint density at radius 2 is 1.89 bits per heavy atom. The second-order valence-corrected chi connectivity index (χ2v) is 6.20. The molecule has 1 aliphatic heterocycles. The summed E-state index contributed by atoms with van der Waals surface area (Å²) in [7, 11) is -1.74. The van der Waals surface area contributed by atoms with Crippen LogP contribution in [0.15, 0.2) is 24.3 Å². The maximum Gasteiger partial charge on any atom is 0.280 e. The molecule has 100 valence electrons. The number of nitrogens with zero attached hydrogens (tertiary/aromatic N) is 1. The zero-order valence-corrected chi connectivity index (χ0v) is 11.6. The molecule has 1 N–H and O–H groups in total. The molecule has 1 saturated heterocycles. The molecule has 0 aromatic heterocycles. The Hall–Kier alpha value is -1.11. The molecule has 0 spiro atoms. The quantitative estimate of drug-likeness (QED) is 0.895. The van der Waals surface area contributed by atoms with Gasteiger partial charge < -0.3 is 4.74 Å². The highest BCUT2D eigenvalue weighted by Gasteiger charge is 2.39. The lowest BCUT2D eigenvalue weighted by atomic mass is 10.1. The van der Waals surface area contributed by atoms with Crippen LogP contribution in [0.1, 0.15) is 19.4 Å². The summed E-state index contributed by atoms with van der Waals surface area (Å²) >= 11 is 0. The number of hydrogen-bond acceptors (Lipinski definition) is 3. The van der Waals surface area contributed by atoms with Crippen molar-refractivity contribution in [2.24, 2.45) is 0 Å².